The molecular formula is C20H24N2O4. The van der Waals surface area contributed by atoms with Gasteiger partial charge >= 0.3 is 0 Å². The molecule has 0 saturated carbocycles. The van der Waals surface area contributed by atoms with Crippen molar-refractivity contribution >= 4 is 17.5 Å². The Morgan fingerprint density at radius 3 is 2.31 bits per heavy atom. The summed E-state index contributed by atoms with van der Waals surface area (Å²) in [5.74, 6) is 1.04. The van der Waals surface area contributed by atoms with E-state index in [2.05, 4.69) is 5.32 Å². The number of hydrogen-bond donors (Lipinski definition) is 1. The quantitative estimate of drug-likeness (QED) is 0.738. The maximum Gasteiger partial charge on any atom is 0.240 e. The van der Waals surface area contributed by atoms with Gasteiger partial charge in [0.05, 0.1) is 13.7 Å². The van der Waals surface area contributed by atoms with Crippen LogP contribution >= 0.6 is 0 Å². The normalized spacial score (nSPS) is 10.1. The number of rotatable bonds is 8. The molecule has 2 amide bonds. The highest BCUT2D eigenvalue weighted by Crippen LogP contribution is 2.19. The van der Waals surface area contributed by atoms with Crippen LogP contribution < -0.4 is 19.7 Å². The van der Waals surface area contributed by atoms with Crippen molar-refractivity contribution < 1.29 is 19.1 Å². The molecule has 6 nitrogen and oxygen atoms in total. The first-order valence-corrected chi connectivity index (χ1v) is 8.38. The van der Waals surface area contributed by atoms with E-state index in [0.717, 1.165) is 17.0 Å². The number of amides is 2. The Balaban J connectivity index is 1.81. The summed E-state index contributed by atoms with van der Waals surface area (Å²) in [6.07, 6.45) is 0. The Kier molecular flexibility index (Phi) is 7.02. The highest BCUT2D eigenvalue weighted by molar-refractivity contribution is 5.98. The summed E-state index contributed by atoms with van der Waals surface area (Å²) in [6.45, 7) is 4.02. The number of aryl methyl sites for hydroxylation is 1. The summed E-state index contributed by atoms with van der Waals surface area (Å²) in [5.41, 5.74) is 1.68. The van der Waals surface area contributed by atoms with Gasteiger partial charge in [0, 0.05) is 12.6 Å². The van der Waals surface area contributed by atoms with Gasteiger partial charge in [-0.1, -0.05) is 18.2 Å². The number of carbonyl (C=O) groups excluding carboxylic acids is 2. The minimum atomic E-state index is -0.234. The molecule has 1 N–H and O–H groups in total. The standard InChI is InChI=1S/C20H24N2O4/c1-15-6-4-5-7-19(15)22(16(2)23)14-20(24)21-12-13-26-18-10-8-17(25-3)9-11-18/h4-11H,12-14H2,1-3H3,(H,21,24). The van der Waals surface area contributed by atoms with Crippen LogP contribution in [0, 0.1) is 6.92 Å². The Morgan fingerprint density at radius 2 is 1.69 bits per heavy atom. The highest BCUT2D eigenvalue weighted by atomic mass is 16.5. The van der Waals surface area contributed by atoms with Crippen LogP contribution in [0.15, 0.2) is 48.5 Å². The second-order valence-electron chi connectivity index (χ2n) is 5.77. The van der Waals surface area contributed by atoms with Crippen molar-refractivity contribution in [3.05, 3.63) is 54.1 Å². The second kappa shape index (κ2) is 9.46. The lowest BCUT2D eigenvalue weighted by Crippen LogP contribution is -2.41. The molecule has 0 fully saturated rings. The Morgan fingerprint density at radius 1 is 1.04 bits per heavy atom. The third-order valence-corrected chi connectivity index (χ3v) is 3.84. The molecule has 0 radical (unpaired) electrons. The molecule has 0 atom stereocenters. The first-order chi connectivity index (χ1) is 12.5. The van der Waals surface area contributed by atoms with Crippen LogP contribution in [0.2, 0.25) is 0 Å². The zero-order valence-corrected chi connectivity index (χ0v) is 15.3. The lowest BCUT2D eigenvalue weighted by Gasteiger charge is -2.22. The van der Waals surface area contributed by atoms with Gasteiger partial charge < -0.3 is 19.7 Å². The van der Waals surface area contributed by atoms with Gasteiger partial charge in [0.15, 0.2) is 0 Å². The number of hydrogen-bond acceptors (Lipinski definition) is 4. The predicted molar refractivity (Wildman–Crippen MR) is 101 cm³/mol. The zero-order valence-electron chi connectivity index (χ0n) is 15.3. The maximum absolute atomic E-state index is 12.2. The third kappa shape index (κ3) is 5.51. The average molecular weight is 356 g/mol. The van der Waals surface area contributed by atoms with Crippen molar-refractivity contribution in [3.63, 3.8) is 0 Å². The minimum Gasteiger partial charge on any atom is -0.497 e. The Labute approximate surface area is 153 Å². The molecule has 0 aliphatic heterocycles. The molecule has 138 valence electrons. The van der Waals surface area contributed by atoms with Crippen molar-refractivity contribution in [1.29, 1.82) is 0 Å². The molecular weight excluding hydrogens is 332 g/mol. The number of benzene rings is 2. The van der Waals surface area contributed by atoms with E-state index >= 15 is 0 Å². The third-order valence-electron chi connectivity index (χ3n) is 3.84. The number of carbonyl (C=O) groups is 2. The SMILES string of the molecule is COc1ccc(OCCNC(=O)CN(C(C)=O)c2ccccc2C)cc1. The molecule has 6 heteroatoms. The summed E-state index contributed by atoms with van der Waals surface area (Å²) >= 11 is 0. The van der Waals surface area contributed by atoms with Crippen LogP contribution in [0.4, 0.5) is 5.69 Å². The molecule has 2 rings (SSSR count). The van der Waals surface area contributed by atoms with E-state index in [1.54, 1.807) is 31.4 Å². The van der Waals surface area contributed by atoms with E-state index in [0.29, 0.717) is 18.9 Å². The molecule has 26 heavy (non-hydrogen) atoms. The molecule has 2 aromatic carbocycles. The van der Waals surface area contributed by atoms with Crippen molar-refractivity contribution in [3.8, 4) is 11.5 Å². The van der Waals surface area contributed by atoms with Crippen molar-refractivity contribution in [2.45, 2.75) is 13.8 Å². The molecule has 2 aromatic rings. The van der Waals surface area contributed by atoms with Gasteiger partial charge in [-0.3, -0.25) is 9.59 Å². The summed E-state index contributed by atoms with van der Waals surface area (Å²) in [4.78, 5) is 25.5. The monoisotopic (exact) mass is 356 g/mol. The van der Waals surface area contributed by atoms with Gasteiger partial charge in [0.25, 0.3) is 0 Å². The number of ether oxygens (including phenoxy) is 2. The highest BCUT2D eigenvalue weighted by Gasteiger charge is 2.16. The molecule has 0 aliphatic rings. The Bertz CT molecular complexity index is 744. The van der Waals surface area contributed by atoms with Gasteiger partial charge in [-0.15, -0.1) is 0 Å². The average Bonchev–Trinajstić information content (AvgIpc) is 2.64. The van der Waals surface area contributed by atoms with Crippen molar-refractivity contribution in [2.24, 2.45) is 0 Å². The smallest absolute Gasteiger partial charge is 0.240 e. The number of para-hydroxylation sites is 1. The molecule has 0 aromatic heterocycles. The van der Waals surface area contributed by atoms with E-state index < -0.39 is 0 Å². The minimum absolute atomic E-state index is 0.0251. The lowest BCUT2D eigenvalue weighted by molar-refractivity contribution is -0.123. The number of anilines is 1. The fourth-order valence-electron chi connectivity index (χ4n) is 2.46. The Hall–Kier alpha value is -3.02. The number of methoxy groups -OCH3 is 1. The fourth-order valence-corrected chi connectivity index (χ4v) is 2.46. The second-order valence-corrected chi connectivity index (χ2v) is 5.77. The number of nitrogens with one attached hydrogen (secondary N) is 1. The largest absolute Gasteiger partial charge is 0.497 e. The molecule has 0 unspecified atom stereocenters. The first-order valence-electron chi connectivity index (χ1n) is 8.38. The van der Waals surface area contributed by atoms with Crippen LogP contribution in [0.25, 0.3) is 0 Å². The van der Waals surface area contributed by atoms with Gasteiger partial charge in [-0.2, -0.15) is 0 Å². The predicted octanol–water partition coefficient (Wildman–Crippen LogP) is 2.55. The molecule has 0 bridgehead atoms. The molecule has 0 heterocycles. The van der Waals surface area contributed by atoms with Gasteiger partial charge in [-0.25, -0.2) is 0 Å². The van der Waals surface area contributed by atoms with Crippen LogP contribution in [-0.4, -0.2) is 38.6 Å². The molecule has 0 spiro atoms. The molecule has 0 saturated heterocycles. The zero-order chi connectivity index (χ0) is 18.9. The number of nitrogens with zero attached hydrogens (tertiary/aromatic N) is 1. The van der Waals surface area contributed by atoms with Crippen LogP contribution in [-0.2, 0) is 9.59 Å². The van der Waals surface area contributed by atoms with Crippen LogP contribution in [0.3, 0.4) is 0 Å². The van der Waals surface area contributed by atoms with E-state index in [-0.39, 0.29) is 18.4 Å². The summed E-state index contributed by atoms with van der Waals surface area (Å²) in [6, 6.07) is 14.7. The van der Waals surface area contributed by atoms with Crippen LogP contribution in [0.5, 0.6) is 11.5 Å². The van der Waals surface area contributed by atoms with Crippen molar-refractivity contribution in [2.75, 3.05) is 31.7 Å². The van der Waals surface area contributed by atoms with Crippen LogP contribution in [0.1, 0.15) is 12.5 Å². The summed E-state index contributed by atoms with van der Waals surface area (Å²) in [5, 5.41) is 2.77. The van der Waals surface area contributed by atoms with E-state index in [1.807, 2.05) is 31.2 Å². The first kappa shape index (κ1) is 19.3. The summed E-state index contributed by atoms with van der Waals surface area (Å²) in [7, 11) is 1.60. The van der Waals surface area contributed by atoms with Crippen molar-refractivity contribution in [1.82, 2.24) is 5.32 Å². The van der Waals surface area contributed by atoms with E-state index in [1.165, 1.54) is 11.8 Å². The van der Waals surface area contributed by atoms with Gasteiger partial charge in [-0.05, 0) is 42.8 Å². The summed E-state index contributed by atoms with van der Waals surface area (Å²) < 4.78 is 10.6. The van der Waals surface area contributed by atoms with E-state index in [9.17, 15) is 9.59 Å². The topological polar surface area (TPSA) is 67.9 Å². The molecule has 0 aliphatic carbocycles. The van der Waals surface area contributed by atoms with Gasteiger partial charge in [0.1, 0.15) is 24.7 Å². The van der Waals surface area contributed by atoms with Gasteiger partial charge in [0.2, 0.25) is 11.8 Å². The maximum atomic E-state index is 12.2. The lowest BCUT2D eigenvalue weighted by atomic mass is 10.2. The fraction of sp³-hybridized carbons (Fsp3) is 0.300. The van der Waals surface area contributed by atoms with E-state index in [4.69, 9.17) is 9.47 Å².